The molecule has 0 saturated heterocycles. The van der Waals surface area contributed by atoms with Gasteiger partial charge in [0.25, 0.3) is 0 Å². The minimum absolute atomic E-state index is 0.455. The van der Waals surface area contributed by atoms with Crippen molar-refractivity contribution in [3.63, 3.8) is 0 Å². The SMILES string of the molecule is Clc1ncccc1-n1ncc2ccccc21. The highest BCUT2D eigenvalue weighted by atomic mass is 35.5. The Balaban J connectivity index is 2.31. The standard InChI is InChI=1S/C12H8ClN3/c13-12-11(6-3-7-14-12)16-10-5-2-1-4-9(10)8-15-16/h1-8H. The molecule has 0 bridgehead atoms. The fourth-order valence-corrected chi connectivity index (χ4v) is 1.90. The average molecular weight is 230 g/mol. The molecule has 0 unspecified atom stereocenters. The molecule has 1 aromatic carbocycles. The van der Waals surface area contributed by atoms with E-state index in [1.54, 1.807) is 10.9 Å². The molecular weight excluding hydrogens is 222 g/mol. The van der Waals surface area contributed by atoms with Crippen molar-refractivity contribution < 1.29 is 0 Å². The molecule has 0 atom stereocenters. The van der Waals surface area contributed by atoms with E-state index >= 15 is 0 Å². The van der Waals surface area contributed by atoms with Crippen LogP contribution >= 0.6 is 11.6 Å². The van der Waals surface area contributed by atoms with Crippen molar-refractivity contribution in [2.75, 3.05) is 0 Å². The van der Waals surface area contributed by atoms with Crippen LogP contribution in [0.1, 0.15) is 0 Å². The van der Waals surface area contributed by atoms with Crippen molar-refractivity contribution in [2.45, 2.75) is 0 Å². The van der Waals surface area contributed by atoms with E-state index < -0.39 is 0 Å². The van der Waals surface area contributed by atoms with Crippen molar-refractivity contribution in [1.82, 2.24) is 14.8 Å². The van der Waals surface area contributed by atoms with E-state index in [-0.39, 0.29) is 0 Å². The maximum atomic E-state index is 6.04. The highest BCUT2D eigenvalue weighted by Gasteiger charge is 2.07. The summed E-state index contributed by atoms with van der Waals surface area (Å²) in [5.41, 5.74) is 1.82. The molecule has 0 aliphatic rings. The zero-order valence-electron chi connectivity index (χ0n) is 8.34. The molecule has 16 heavy (non-hydrogen) atoms. The fourth-order valence-electron chi connectivity index (χ4n) is 1.70. The fraction of sp³-hybridized carbons (Fsp3) is 0. The molecule has 3 aromatic rings. The third-order valence-electron chi connectivity index (χ3n) is 2.44. The Morgan fingerprint density at radius 3 is 2.81 bits per heavy atom. The monoisotopic (exact) mass is 229 g/mol. The molecule has 3 nitrogen and oxygen atoms in total. The number of pyridine rings is 1. The summed E-state index contributed by atoms with van der Waals surface area (Å²) in [6.45, 7) is 0. The van der Waals surface area contributed by atoms with Crippen LogP contribution in [-0.2, 0) is 0 Å². The molecule has 0 radical (unpaired) electrons. The van der Waals surface area contributed by atoms with Crippen molar-refractivity contribution in [2.24, 2.45) is 0 Å². The summed E-state index contributed by atoms with van der Waals surface area (Å²) in [6, 6.07) is 11.7. The van der Waals surface area contributed by atoms with Gasteiger partial charge in [-0.05, 0) is 18.2 Å². The van der Waals surface area contributed by atoms with Gasteiger partial charge < -0.3 is 0 Å². The van der Waals surface area contributed by atoms with Crippen LogP contribution in [-0.4, -0.2) is 14.8 Å². The number of fused-ring (bicyclic) bond motifs is 1. The lowest BCUT2D eigenvalue weighted by molar-refractivity contribution is 0.903. The van der Waals surface area contributed by atoms with Gasteiger partial charge >= 0.3 is 0 Å². The Bertz CT molecular complexity index is 645. The van der Waals surface area contributed by atoms with Gasteiger partial charge in [0.2, 0.25) is 0 Å². The van der Waals surface area contributed by atoms with Crippen molar-refractivity contribution >= 4 is 22.5 Å². The Kier molecular flexibility index (Phi) is 2.11. The lowest BCUT2D eigenvalue weighted by Gasteiger charge is -2.04. The van der Waals surface area contributed by atoms with Crippen LogP contribution in [0.5, 0.6) is 0 Å². The maximum Gasteiger partial charge on any atom is 0.154 e. The van der Waals surface area contributed by atoms with Crippen molar-refractivity contribution in [3.8, 4) is 5.69 Å². The first kappa shape index (κ1) is 9.36. The third kappa shape index (κ3) is 1.37. The van der Waals surface area contributed by atoms with E-state index in [0.717, 1.165) is 16.6 Å². The third-order valence-corrected chi connectivity index (χ3v) is 2.74. The van der Waals surface area contributed by atoms with Gasteiger partial charge in [-0.3, -0.25) is 0 Å². The van der Waals surface area contributed by atoms with Gasteiger partial charge in [-0.2, -0.15) is 5.10 Å². The molecule has 2 aromatic heterocycles. The number of hydrogen-bond acceptors (Lipinski definition) is 2. The maximum absolute atomic E-state index is 6.04. The molecule has 0 fully saturated rings. The zero-order valence-corrected chi connectivity index (χ0v) is 9.09. The van der Waals surface area contributed by atoms with E-state index in [9.17, 15) is 0 Å². The van der Waals surface area contributed by atoms with Gasteiger partial charge in [-0.15, -0.1) is 0 Å². The largest absolute Gasteiger partial charge is 0.242 e. The minimum Gasteiger partial charge on any atom is -0.242 e. The summed E-state index contributed by atoms with van der Waals surface area (Å²) < 4.78 is 1.80. The van der Waals surface area contributed by atoms with Gasteiger partial charge in [0.15, 0.2) is 5.15 Å². The van der Waals surface area contributed by atoms with Crippen LogP contribution in [0, 0.1) is 0 Å². The molecule has 4 heteroatoms. The first-order valence-corrected chi connectivity index (χ1v) is 5.28. The highest BCUT2D eigenvalue weighted by molar-refractivity contribution is 6.31. The number of rotatable bonds is 1. The number of hydrogen-bond donors (Lipinski definition) is 0. The highest BCUT2D eigenvalue weighted by Crippen LogP contribution is 2.21. The van der Waals surface area contributed by atoms with Gasteiger partial charge in [0, 0.05) is 11.6 Å². The van der Waals surface area contributed by atoms with Crippen LogP contribution in [0.25, 0.3) is 16.6 Å². The van der Waals surface area contributed by atoms with Crippen LogP contribution in [0.15, 0.2) is 48.8 Å². The van der Waals surface area contributed by atoms with E-state index in [2.05, 4.69) is 10.1 Å². The lowest BCUT2D eigenvalue weighted by Crippen LogP contribution is -1.97. The Morgan fingerprint density at radius 2 is 1.94 bits per heavy atom. The molecule has 3 rings (SSSR count). The minimum atomic E-state index is 0.455. The number of benzene rings is 1. The molecule has 0 N–H and O–H groups in total. The van der Waals surface area contributed by atoms with Crippen molar-refractivity contribution in [1.29, 1.82) is 0 Å². The smallest absolute Gasteiger partial charge is 0.154 e. The molecule has 0 spiro atoms. The quantitative estimate of drug-likeness (QED) is 0.601. The average Bonchev–Trinajstić information content (AvgIpc) is 2.74. The number of aromatic nitrogens is 3. The Labute approximate surface area is 97.3 Å². The topological polar surface area (TPSA) is 30.7 Å². The van der Waals surface area contributed by atoms with E-state index in [4.69, 9.17) is 11.6 Å². The summed E-state index contributed by atoms with van der Waals surface area (Å²) >= 11 is 6.04. The van der Waals surface area contributed by atoms with Gasteiger partial charge in [0.1, 0.15) is 5.69 Å². The Hall–Kier alpha value is -1.87. The van der Waals surface area contributed by atoms with E-state index in [1.807, 2.05) is 42.6 Å². The van der Waals surface area contributed by atoms with E-state index in [0.29, 0.717) is 5.15 Å². The van der Waals surface area contributed by atoms with Crippen LogP contribution < -0.4 is 0 Å². The number of halogens is 1. The summed E-state index contributed by atoms with van der Waals surface area (Å²) in [5.74, 6) is 0. The molecular formula is C12H8ClN3. The van der Waals surface area contributed by atoms with Gasteiger partial charge in [-0.25, -0.2) is 9.67 Å². The van der Waals surface area contributed by atoms with Crippen LogP contribution in [0.3, 0.4) is 0 Å². The molecule has 0 aliphatic carbocycles. The van der Waals surface area contributed by atoms with Crippen LogP contribution in [0.4, 0.5) is 0 Å². The van der Waals surface area contributed by atoms with Crippen molar-refractivity contribution in [3.05, 3.63) is 53.9 Å². The lowest BCUT2D eigenvalue weighted by atomic mass is 10.2. The summed E-state index contributed by atoms with van der Waals surface area (Å²) in [6.07, 6.45) is 3.48. The van der Waals surface area contributed by atoms with Gasteiger partial charge in [-0.1, -0.05) is 29.8 Å². The number of nitrogens with zero attached hydrogens (tertiary/aromatic N) is 3. The molecule has 0 saturated carbocycles. The second-order valence-corrected chi connectivity index (χ2v) is 3.79. The van der Waals surface area contributed by atoms with Crippen LogP contribution in [0.2, 0.25) is 5.15 Å². The Morgan fingerprint density at radius 1 is 1.06 bits per heavy atom. The number of para-hydroxylation sites is 1. The second kappa shape index (κ2) is 3.61. The van der Waals surface area contributed by atoms with E-state index in [1.165, 1.54) is 0 Å². The molecule has 0 amide bonds. The normalized spacial score (nSPS) is 10.8. The predicted octanol–water partition coefficient (Wildman–Crippen LogP) is 3.07. The summed E-state index contributed by atoms with van der Waals surface area (Å²) in [5, 5.41) is 5.86. The molecule has 78 valence electrons. The summed E-state index contributed by atoms with van der Waals surface area (Å²) in [4.78, 5) is 4.05. The second-order valence-electron chi connectivity index (χ2n) is 3.43. The summed E-state index contributed by atoms with van der Waals surface area (Å²) in [7, 11) is 0. The molecule has 0 aliphatic heterocycles. The zero-order chi connectivity index (χ0) is 11.0. The first-order valence-electron chi connectivity index (χ1n) is 4.90. The molecule has 2 heterocycles. The first-order chi connectivity index (χ1) is 7.86. The predicted molar refractivity (Wildman–Crippen MR) is 63.9 cm³/mol. The van der Waals surface area contributed by atoms with Gasteiger partial charge in [0.05, 0.1) is 11.7 Å².